The normalized spacial score (nSPS) is 21.0. The van der Waals surface area contributed by atoms with Gasteiger partial charge in [0, 0.05) is 10.8 Å². The summed E-state index contributed by atoms with van der Waals surface area (Å²) in [4.78, 5) is 0. The van der Waals surface area contributed by atoms with E-state index in [9.17, 15) is 20.4 Å². The Hall–Kier alpha value is -0.160. The molecule has 0 spiro atoms. The first kappa shape index (κ1) is 19.8. The van der Waals surface area contributed by atoms with Crippen LogP contribution in [0, 0.1) is 10.8 Å². The molecule has 4 nitrogen and oxygen atoms in total. The Morgan fingerprint density at radius 2 is 1.05 bits per heavy atom. The molecule has 4 N–H and O–H groups in total. The van der Waals surface area contributed by atoms with Gasteiger partial charge >= 0.3 is 0 Å². The van der Waals surface area contributed by atoms with E-state index in [1.165, 1.54) is 0 Å². The van der Waals surface area contributed by atoms with E-state index < -0.39 is 23.0 Å². The van der Waals surface area contributed by atoms with Crippen molar-refractivity contribution in [2.45, 2.75) is 78.4 Å². The second kappa shape index (κ2) is 8.98. The summed E-state index contributed by atoms with van der Waals surface area (Å²) >= 11 is 0. The van der Waals surface area contributed by atoms with E-state index in [2.05, 4.69) is 0 Å². The molecule has 20 heavy (non-hydrogen) atoms. The molecule has 0 heterocycles. The minimum Gasteiger partial charge on any atom is -0.396 e. The van der Waals surface area contributed by atoms with Crippen LogP contribution in [0.25, 0.3) is 0 Å². The lowest BCUT2D eigenvalue weighted by molar-refractivity contribution is -0.0219. The second-order valence-electron chi connectivity index (χ2n) is 6.65. The second-order valence-corrected chi connectivity index (χ2v) is 6.65. The predicted octanol–water partition coefficient (Wildman–Crippen LogP) is 2.09. The summed E-state index contributed by atoms with van der Waals surface area (Å²) in [5.41, 5.74) is -0.858. The summed E-state index contributed by atoms with van der Waals surface area (Å²) in [7, 11) is 0. The molecule has 0 radical (unpaired) electrons. The van der Waals surface area contributed by atoms with Gasteiger partial charge in [-0.15, -0.1) is 0 Å². The van der Waals surface area contributed by atoms with E-state index in [-0.39, 0.29) is 13.2 Å². The highest BCUT2D eigenvalue weighted by molar-refractivity contribution is 4.82. The molecule has 0 aliphatic carbocycles. The number of aliphatic hydroxyl groups is 4. The lowest BCUT2D eigenvalue weighted by Crippen LogP contribution is -2.36. The van der Waals surface area contributed by atoms with Crippen molar-refractivity contribution in [1.29, 1.82) is 0 Å². The first-order chi connectivity index (χ1) is 9.29. The summed E-state index contributed by atoms with van der Waals surface area (Å²) in [6.45, 7) is 7.71. The summed E-state index contributed by atoms with van der Waals surface area (Å²) in [6.07, 6.45) is 3.38. The van der Waals surface area contributed by atoms with E-state index in [1.807, 2.05) is 27.7 Å². The Balaban J connectivity index is 4.09. The van der Waals surface area contributed by atoms with E-state index in [0.29, 0.717) is 12.8 Å². The van der Waals surface area contributed by atoms with Crippen molar-refractivity contribution < 1.29 is 20.4 Å². The van der Waals surface area contributed by atoms with Crippen LogP contribution in [-0.2, 0) is 0 Å². The minimum absolute atomic E-state index is 0.00822. The summed E-state index contributed by atoms with van der Waals surface area (Å²) < 4.78 is 0. The van der Waals surface area contributed by atoms with Gasteiger partial charge in [-0.1, -0.05) is 40.5 Å². The molecule has 4 unspecified atom stereocenters. The van der Waals surface area contributed by atoms with Gasteiger partial charge in [-0.3, -0.25) is 0 Å². The van der Waals surface area contributed by atoms with Gasteiger partial charge in [0.25, 0.3) is 0 Å². The van der Waals surface area contributed by atoms with Crippen LogP contribution in [0.3, 0.4) is 0 Å². The lowest BCUT2D eigenvalue weighted by atomic mass is 9.78. The van der Waals surface area contributed by atoms with Gasteiger partial charge in [0.15, 0.2) is 0 Å². The van der Waals surface area contributed by atoms with Gasteiger partial charge in [-0.05, 0) is 25.7 Å². The van der Waals surface area contributed by atoms with Crippen molar-refractivity contribution in [3.05, 3.63) is 0 Å². The smallest absolute Gasteiger partial charge is 0.0615 e. The first-order valence-corrected chi connectivity index (χ1v) is 7.87. The number of hydrogen-bond acceptors (Lipinski definition) is 4. The molecule has 4 atom stereocenters. The Labute approximate surface area is 123 Å². The van der Waals surface area contributed by atoms with Crippen molar-refractivity contribution in [2.75, 3.05) is 13.2 Å². The summed E-state index contributed by atoms with van der Waals surface area (Å²) in [6, 6.07) is 0. The molecule has 0 aromatic heterocycles. The standard InChI is InChI=1S/C16H34O4/c1-5-15(3,11-17)13(19)9-7-8-10-14(20)16(4,6-2)12-18/h13-14,17-20H,5-12H2,1-4H3. The van der Waals surface area contributed by atoms with E-state index >= 15 is 0 Å². The highest BCUT2D eigenvalue weighted by atomic mass is 16.3. The quantitative estimate of drug-likeness (QED) is 0.439. The Morgan fingerprint density at radius 1 is 0.750 bits per heavy atom. The zero-order chi connectivity index (χ0) is 15.8. The van der Waals surface area contributed by atoms with Crippen LogP contribution in [0.5, 0.6) is 0 Å². The molecule has 0 rings (SSSR count). The molecule has 0 aromatic carbocycles. The zero-order valence-corrected chi connectivity index (χ0v) is 13.6. The van der Waals surface area contributed by atoms with Crippen molar-refractivity contribution >= 4 is 0 Å². The van der Waals surface area contributed by atoms with Crippen LogP contribution >= 0.6 is 0 Å². The van der Waals surface area contributed by atoms with Gasteiger partial charge in [-0.25, -0.2) is 0 Å². The summed E-state index contributed by atoms with van der Waals surface area (Å²) in [5.74, 6) is 0. The molecule has 0 saturated heterocycles. The Morgan fingerprint density at radius 3 is 1.25 bits per heavy atom. The van der Waals surface area contributed by atoms with E-state index in [4.69, 9.17) is 0 Å². The van der Waals surface area contributed by atoms with Crippen molar-refractivity contribution in [3.8, 4) is 0 Å². The molecule has 0 aliphatic heterocycles. The molecule has 0 amide bonds. The van der Waals surface area contributed by atoms with Crippen LogP contribution in [-0.4, -0.2) is 45.8 Å². The number of aliphatic hydroxyl groups excluding tert-OH is 4. The van der Waals surface area contributed by atoms with Crippen molar-refractivity contribution in [2.24, 2.45) is 10.8 Å². The average molecular weight is 290 g/mol. The molecular weight excluding hydrogens is 256 g/mol. The topological polar surface area (TPSA) is 80.9 Å². The molecule has 0 aromatic rings. The third-order valence-electron chi connectivity index (χ3n) is 5.15. The molecule has 0 bridgehead atoms. The van der Waals surface area contributed by atoms with Crippen LogP contribution in [0.2, 0.25) is 0 Å². The predicted molar refractivity (Wildman–Crippen MR) is 81.4 cm³/mol. The van der Waals surface area contributed by atoms with Crippen molar-refractivity contribution in [1.82, 2.24) is 0 Å². The van der Waals surface area contributed by atoms with E-state index in [0.717, 1.165) is 25.7 Å². The third kappa shape index (κ3) is 5.32. The average Bonchev–Trinajstić information content (AvgIpc) is 2.49. The molecule has 0 saturated carbocycles. The third-order valence-corrected chi connectivity index (χ3v) is 5.15. The SMILES string of the molecule is CCC(C)(CO)C(O)CCCCC(O)C(C)(CC)CO. The first-order valence-electron chi connectivity index (χ1n) is 7.87. The minimum atomic E-state index is -0.509. The van der Waals surface area contributed by atoms with Crippen LogP contribution in [0.4, 0.5) is 0 Å². The van der Waals surface area contributed by atoms with Gasteiger partial charge in [0.2, 0.25) is 0 Å². The molecule has 122 valence electrons. The zero-order valence-electron chi connectivity index (χ0n) is 13.6. The number of hydrogen-bond donors (Lipinski definition) is 4. The highest BCUT2D eigenvalue weighted by Crippen LogP contribution is 2.30. The Kier molecular flexibility index (Phi) is 8.91. The molecule has 4 heteroatoms. The van der Waals surface area contributed by atoms with Crippen LogP contribution < -0.4 is 0 Å². The lowest BCUT2D eigenvalue weighted by Gasteiger charge is -2.33. The fourth-order valence-electron chi connectivity index (χ4n) is 2.28. The maximum Gasteiger partial charge on any atom is 0.0615 e. The molecule has 0 aliphatic rings. The largest absolute Gasteiger partial charge is 0.396 e. The van der Waals surface area contributed by atoms with Crippen molar-refractivity contribution in [3.63, 3.8) is 0 Å². The van der Waals surface area contributed by atoms with E-state index in [1.54, 1.807) is 0 Å². The number of unbranched alkanes of at least 4 members (excludes halogenated alkanes) is 1. The fourth-order valence-corrected chi connectivity index (χ4v) is 2.28. The van der Waals surface area contributed by atoms with Gasteiger partial charge in [0.05, 0.1) is 25.4 Å². The maximum atomic E-state index is 10.1. The molecule has 0 fully saturated rings. The summed E-state index contributed by atoms with van der Waals surface area (Å²) in [5, 5.41) is 38.9. The van der Waals surface area contributed by atoms with Gasteiger partial charge in [-0.2, -0.15) is 0 Å². The molecular formula is C16H34O4. The maximum absolute atomic E-state index is 10.1. The van der Waals surface area contributed by atoms with Crippen LogP contribution in [0.15, 0.2) is 0 Å². The fraction of sp³-hybridized carbons (Fsp3) is 1.00. The van der Waals surface area contributed by atoms with Gasteiger partial charge < -0.3 is 20.4 Å². The Bertz CT molecular complexity index is 221. The van der Waals surface area contributed by atoms with Crippen LogP contribution in [0.1, 0.15) is 66.2 Å². The monoisotopic (exact) mass is 290 g/mol. The number of rotatable bonds is 11. The highest BCUT2D eigenvalue weighted by Gasteiger charge is 2.31. The van der Waals surface area contributed by atoms with Gasteiger partial charge in [0.1, 0.15) is 0 Å².